The Hall–Kier alpha value is -2.70. The van der Waals surface area contributed by atoms with Crippen molar-refractivity contribution >= 4 is 11.8 Å². The normalized spacial score (nSPS) is 21.2. The number of piperidine rings is 1. The number of carbonyl (C=O) groups is 1. The second-order valence-corrected chi connectivity index (χ2v) is 7.47. The number of hydrogen-bond acceptors (Lipinski definition) is 4. The van der Waals surface area contributed by atoms with E-state index >= 15 is 0 Å². The number of nitrogens with one attached hydrogen (secondary N) is 1. The lowest BCUT2D eigenvalue weighted by Crippen LogP contribution is -2.53. The maximum atomic E-state index is 14.6. The Labute approximate surface area is 162 Å². The van der Waals surface area contributed by atoms with Crippen LogP contribution in [0.1, 0.15) is 17.5 Å². The molecule has 0 spiro atoms. The second kappa shape index (κ2) is 7.73. The molecule has 2 aromatic rings. The van der Waals surface area contributed by atoms with Crippen molar-refractivity contribution < 1.29 is 18.3 Å². The summed E-state index contributed by atoms with van der Waals surface area (Å²) in [5.41, 5.74) is 3.08. The summed E-state index contributed by atoms with van der Waals surface area (Å²) in [4.78, 5) is 17.5. The van der Waals surface area contributed by atoms with E-state index in [9.17, 15) is 13.6 Å². The Bertz CT molecular complexity index is 806. The molecule has 1 fully saturated rings. The zero-order valence-corrected chi connectivity index (χ0v) is 15.5. The number of hydrogen-bond donors (Lipinski definition) is 1. The predicted octanol–water partition coefficient (Wildman–Crippen LogP) is 3.75. The Kier molecular flexibility index (Phi) is 5.15. The van der Waals surface area contributed by atoms with Gasteiger partial charge < -0.3 is 15.0 Å². The number of pyridine rings is 1. The summed E-state index contributed by atoms with van der Waals surface area (Å²) >= 11 is 0. The molecule has 1 unspecified atom stereocenters. The van der Waals surface area contributed by atoms with Gasteiger partial charge >= 0.3 is 6.09 Å². The molecule has 7 heteroatoms. The summed E-state index contributed by atoms with van der Waals surface area (Å²) in [7, 11) is 0. The first kappa shape index (κ1) is 18.7. The van der Waals surface area contributed by atoms with Gasteiger partial charge in [-0.05, 0) is 29.7 Å². The number of amides is 1. The van der Waals surface area contributed by atoms with Crippen LogP contribution in [-0.4, -0.2) is 47.6 Å². The summed E-state index contributed by atoms with van der Waals surface area (Å²) in [5, 5.41) is 3.03. The Morgan fingerprint density at radius 2 is 1.86 bits per heavy atom. The molecule has 1 N–H and O–H groups in total. The van der Waals surface area contributed by atoms with Crippen molar-refractivity contribution in [1.82, 2.24) is 9.88 Å². The highest BCUT2D eigenvalue weighted by Gasteiger charge is 2.46. The van der Waals surface area contributed by atoms with E-state index in [4.69, 9.17) is 4.74 Å². The molecule has 28 heavy (non-hydrogen) atoms. The average Bonchev–Trinajstić information content (AvgIpc) is 3.09. The summed E-state index contributed by atoms with van der Waals surface area (Å²) in [5.74, 6) is -3.80. The predicted molar refractivity (Wildman–Crippen MR) is 101 cm³/mol. The van der Waals surface area contributed by atoms with E-state index in [0.29, 0.717) is 12.8 Å². The lowest BCUT2D eigenvalue weighted by Gasteiger charge is -2.38. The lowest BCUT2D eigenvalue weighted by molar-refractivity contribution is -0.103. The molecule has 0 bridgehead atoms. The molecule has 1 aromatic carbocycles. The maximum Gasteiger partial charge on any atom is 0.410 e. The molecule has 4 rings (SSSR count). The van der Waals surface area contributed by atoms with Gasteiger partial charge in [0.1, 0.15) is 6.10 Å². The molecule has 5 nitrogen and oxygen atoms in total. The first-order chi connectivity index (χ1) is 13.5. The summed E-state index contributed by atoms with van der Waals surface area (Å²) in [6, 6.07) is 11.4. The Morgan fingerprint density at radius 1 is 1.18 bits per heavy atom. The fourth-order valence-corrected chi connectivity index (χ4v) is 3.92. The molecule has 0 radical (unpaired) electrons. The smallest absolute Gasteiger partial charge is 0.410 e. The molecule has 1 aliphatic carbocycles. The molecule has 1 saturated heterocycles. The van der Waals surface area contributed by atoms with Gasteiger partial charge in [0.15, 0.2) is 0 Å². The van der Waals surface area contributed by atoms with Crippen LogP contribution in [0.5, 0.6) is 0 Å². The van der Waals surface area contributed by atoms with E-state index in [1.807, 2.05) is 24.3 Å². The quantitative estimate of drug-likeness (QED) is 0.868. The monoisotopic (exact) mass is 387 g/mol. The third kappa shape index (κ3) is 4.08. The molecule has 2 aliphatic rings. The molecule has 1 aromatic heterocycles. The number of rotatable bonds is 4. The number of ether oxygens (including phenoxy) is 1. The minimum atomic E-state index is -2.96. The number of alkyl halides is 2. The van der Waals surface area contributed by atoms with Crippen molar-refractivity contribution in [3.05, 3.63) is 59.9 Å². The lowest BCUT2D eigenvalue weighted by atomic mass is 9.93. The van der Waals surface area contributed by atoms with E-state index in [-0.39, 0.29) is 25.6 Å². The number of benzene rings is 1. The van der Waals surface area contributed by atoms with Gasteiger partial charge in [-0.1, -0.05) is 24.3 Å². The average molecular weight is 387 g/mol. The van der Waals surface area contributed by atoms with Crippen molar-refractivity contribution in [2.24, 2.45) is 5.92 Å². The van der Waals surface area contributed by atoms with Crippen molar-refractivity contribution in [1.29, 1.82) is 0 Å². The molecule has 1 aliphatic heterocycles. The van der Waals surface area contributed by atoms with Crippen LogP contribution in [0.25, 0.3) is 0 Å². The number of nitrogens with zero attached hydrogens (tertiary/aromatic N) is 2. The highest BCUT2D eigenvalue weighted by molar-refractivity contribution is 5.68. The number of fused-ring (bicyclic) bond motifs is 1. The van der Waals surface area contributed by atoms with Gasteiger partial charge in [0.2, 0.25) is 0 Å². The topological polar surface area (TPSA) is 54.5 Å². The summed E-state index contributed by atoms with van der Waals surface area (Å²) < 4.78 is 34.7. The van der Waals surface area contributed by atoms with Crippen molar-refractivity contribution in [2.45, 2.75) is 31.3 Å². The Balaban J connectivity index is 1.30. The van der Waals surface area contributed by atoms with Crippen LogP contribution < -0.4 is 5.32 Å². The fraction of sp³-hybridized carbons (Fsp3) is 0.429. The first-order valence-electron chi connectivity index (χ1n) is 9.55. The van der Waals surface area contributed by atoms with Crippen LogP contribution in [0, 0.1) is 5.92 Å². The van der Waals surface area contributed by atoms with Gasteiger partial charge in [-0.3, -0.25) is 4.98 Å². The van der Waals surface area contributed by atoms with Crippen LogP contribution in [0.3, 0.4) is 0 Å². The van der Waals surface area contributed by atoms with E-state index in [2.05, 4.69) is 10.3 Å². The molecule has 148 valence electrons. The molecular weight excluding hydrogens is 364 g/mol. The summed E-state index contributed by atoms with van der Waals surface area (Å²) in [6.45, 7) is -0.178. The minimum absolute atomic E-state index is 0.151. The first-order valence-corrected chi connectivity index (χ1v) is 9.55. The number of halogens is 2. The van der Waals surface area contributed by atoms with Gasteiger partial charge in [-0.2, -0.15) is 0 Å². The van der Waals surface area contributed by atoms with Crippen molar-refractivity contribution in [3.8, 4) is 0 Å². The number of likely N-dealkylation sites (tertiary alicyclic amines) is 1. The largest absolute Gasteiger partial charge is 0.445 e. The number of aromatic nitrogens is 1. The van der Waals surface area contributed by atoms with Crippen LogP contribution in [0.4, 0.5) is 19.3 Å². The zero-order chi connectivity index (χ0) is 19.6. The van der Waals surface area contributed by atoms with E-state index in [1.165, 1.54) is 0 Å². The van der Waals surface area contributed by atoms with Crippen molar-refractivity contribution in [3.63, 3.8) is 0 Å². The number of carbonyl (C=O) groups excluding carboxylic acids is 1. The second-order valence-electron chi connectivity index (χ2n) is 7.47. The van der Waals surface area contributed by atoms with Crippen LogP contribution in [-0.2, 0) is 17.6 Å². The van der Waals surface area contributed by atoms with Gasteiger partial charge in [0, 0.05) is 49.9 Å². The van der Waals surface area contributed by atoms with E-state index in [0.717, 1.165) is 21.7 Å². The van der Waals surface area contributed by atoms with E-state index in [1.54, 1.807) is 24.5 Å². The van der Waals surface area contributed by atoms with Crippen LogP contribution in [0.15, 0.2) is 48.8 Å². The maximum absolute atomic E-state index is 14.6. The van der Waals surface area contributed by atoms with Crippen molar-refractivity contribution in [2.75, 3.05) is 25.0 Å². The van der Waals surface area contributed by atoms with Crippen LogP contribution >= 0.6 is 0 Å². The minimum Gasteiger partial charge on any atom is -0.445 e. The number of anilines is 1. The third-order valence-corrected chi connectivity index (χ3v) is 5.52. The fourth-order valence-electron chi connectivity index (χ4n) is 3.92. The Morgan fingerprint density at radius 3 is 2.50 bits per heavy atom. The van der Waals surface area contributed by atoms with Gasteiger partial charge in [0.05, 0.1) is 6.54 Å². The molecule has 0 saturated carbocycles. The molecule has 1 atom stereocenters. The highest BCUT2D eigenvalue weighted by atomic mass is 19.3. The zero-order valence-electron chi connectivity index (χ0n) is 15.5. The van der Waals surface area contributed by atoms with E-state index < -0.39 is 24.5 Å². The van der Waals surface area contributed by atoms with Crippen LogP contribution in [0.2, 0.25) is 0 Å². The van der Waals surface area contributed by atoms with Gasteiger partial charge in [0.25, 0.3) is 5.92 Å². The molecular formula is C21H23F2N3O2. The summed E-state index contributed by atoms with van der Waals surface area (Å²) in [6.07, 6.45) is 3.82. The standard InChI is InChI=1S/C21H23F2N3O2/c22-21(23)14-26(10-7-17(21)13-25-18-5-8-24-9-6-18)20(27)28-19-11-15-3-1-2-4-16(15)12-19/h1-6,8-9,17,19H,7,10-14H2,(H,24,25). The molecule has 1 amide bonds. The SMILES string of the molecule is O=C(OC1Cc2ccccc2C1)N1CCC(CNc2ccncc2)C(F)(F)C1. The highest BCUT2D eigenvalue weighted by Crippen LogP contribution is 2.34. The third-order valence-electron chi connectivity index (χ3n) is 5.52. The van der Waals surface area contributed by atoms with Gasteiger partial charge in [-0.25, -0.2) is 13.6 Å². The molecule has 2 heterocycles. The van der Waals surface area contributed by atoms with Gasteiger partial charge in [-0.15, -0.1) is 0 Å².